The molecule has 0 aliphatic heterocycles. The molecule has 0 N–H and O–H groups in total. The number of nitrogens with zero attached hydrogens (tertiary/aromatic N) is 1. The van der Waals surface area contributed by atoms with Crippen molar-refractivity contribution in [2.45, 2.75) is 80.6 Å². The molecule has 2 aromatic rings. The van der Waals surface area contributed by atoms with Gasteiger partial charge in [-0.05, 0) is 73.4 Å². The van der Waals surface area contributed by atoms with Gasteiger partial charge in [0.1, 0.15) is 0 Å². The third-order valence-corrected chi connectivity index (χ3v) is 5.46. The van der Waals surface area contributed by atoms with E-state index in [1.54, 1.807) is 0 Å². The van der Waals surface area contributed by atoms with Crippen LogP contribution in [0.25, 0.3) is 6.08 Å². The molecule has 1 heteroatoms. The largest absolute Gasteiger partial charge is 0.378 e. The molecule has 0 spiro atoms. The van der Waals surface area contributed by atoms with Crippen LogP contribution in [0.1, 0.15) is 82.2 Å². The maximum Gasteiger partial charge on any atom is 0.0364 e. The average molecular weight is 396 g/mol. The fraction of sp³-hybridized carbons (Fsp3) is 0.500. The zero-order chi connectivity index (χ0) is 22.6. The molecule has 0 aromatic heterocycles. The number of aryl methyl sites for hydroxylation is 3. The first kappa shape index (κ1) is 27.0. The fourth-order valence-corrected chi connectivity index (χ4v) is 3.40. The molecular weight excluding hydrogens is 350 g/mol. The number of hydrogen-bond acceptors (Lipinski definition) is 1. The molecule has 0 aliphatic carbocycles. The lowest BCUT2D eigenvalue weighted by atomic mass is 9.75. The van der Waals surface area contributed by atoms with Gasteiger partial charge in [0.15, 0.2) is 0 Å². The highest BCUT2D eigenvalue weighted by Gasteiger charge is 2.24. The van der Waals surface area contributed by atoms with Gasteiger partial charge in [-0.3, -0.25) is 0 Å². The SMILES string of the molecule is CC.CC.CCC(C)(C/C=C/c1ccc(N(C)C)cc1C)c1cc(C)ccc1C. The van der Waals surface area contributed by atoms with Crippen molar-refractivity contribution in [1.82, 2.24) is 0 Å². The summed E-state index contributed by atoms with van der Waals surface area (Å²) < 4.78 is 0. The minimum atomic E-state index is 0.185. The van der Waals surface area contributed by atoms with E-state index in [4.69, 9.17) is 0 Å². The van der Waals surface area contributed by atoms with Crippen LogP contribution in [-0.4, -0.2) is 14.1 Å². The Hall–Kier alpha value is -2.02. The summed E-state index contributed by atoms with van der Waals surface area (Å²) in [7, 11) is 4.17. The van der Waals surface area contributed by atoms with E-state index in [1.807, 2.05) is 27.7 Å². The van der Waals surface area contributed by atoms with Gasteiger partial charge in [0.05, 0.1) is 0 Å². The van der Waals surface area contributed by atoms with E-state index in [0.29, 0.717) is 0 Å². The molecule has 2 aromatic carbocycles. The molecule has 0 saturated heterocycles. The molecule has 0 heterocycles. The first-order valence-corrected chi connectivity index (χ1v) is 11.3. The van der Waals surface area contributed by atoms with E-state index < -0.39 is 0 Å². The average Bonchev–Trinajstić information content (AvgIpc) is 2.73. The van der Waals surface area contributed by atoms with Crippen molar-refractivity contribution in [2.24, 2.45) is 0 Å². The molecule has 29 heavy (non-hydrogen) atoms. The third-order valence-electron chi connectivity index (χ3n) is 5.46. The quantitative estimate of drug-likeness (QED) is 0.474. The maximum atomic E-state index is 2.39. The van der Waals surface area contributed by atoms with Gasteiger partial charge in [-0.2, -0.15) is 0 Å². The minimum Gasteiger partial charge on any atom is -0.378 e. The minimum absolute atomic E-state index is 0.185. The van der Waals surface area contributed by atoms with Crippen LogP contribution in [-0.2, 0) is 5.41 Å². The van der Waals surface area contributed by atoms with Gasteiger partial charge in [-0.15, -0.1) is 0 Å². The molecule has 0 radical (unpaired) electrons. The molecular formula is C28H45N. The first-order chi connectivity index (χ1) is 13.8. The molecule has 2 rings (SSSR count). The summed E-state index contributed by atoms with van der Waals surface area (Å²) in [6.07, 6.45) is 6.83. The van der Waals surface area contributed by atoms with Crippen molar-refractivity contribution in [2.75, 3.05) is 19.0 Å². The second-order valence-corrected chi connectivity index (χ2v) is 7.77. The van der Waals surface area contributed by atoms with Crippen molar-refractivity contribution >= 4 is 11.8 Å². The summed E-state index contributed by atoms with van der Waals surface area (Å²) in [5, 5.41) is 0. The van der Waals surface area contributed by atoms with Crippen molar-refractivity contribution < 1.29 is 0 Å². The number of rotatable bonds is 6. The topological polar surface area (TPSA) is 3.24 Å². The lowest BCUT2D eigenvalue weighted by Gasteiger charge is -2.30. The van der Waals surface area contributed by atoms with Crippen LogP contribution in [0.4, 0.5) is 5.69 Å². The van der Waals surface area contributed by atoms with Crippen molar-refractivity contribution in [3.8, 4) is 0 Å². The van der Waals surface area contributed by atoms with Crippen LogP contribution in [0.3, 0.4) is 0 Å². The molecule has 0 fully saturated rings. The van der Waals surface area contributed by atoms with Gasteiger partial charge in [0, 0.05) is 19.8 Å². The van der Waals surface area contributed by atoms with Crippen LogP contribution < -0.4 is 4.90 Å². The zero-order valence-corrected chi connectivity index (χ0v) is 21.0. The van der Waals surface area contributed by atoms with Gasteiger partial charge < -0.3 is 4.90 Å². The maximum absolute atomic E-state index is 2.39. The Bertz CT molecular complexity index is 755. The van der Waals surface area contributed by atoms with Crippen molar-refractivity contribution in [3.63, 3.8) is 0 Å². The second kappa shape index (κ2) is 13.2. The fourth-order valence-electron chi connectivity index (χ4n) is 3.40. The number of anilines is 1. The summed E-state index contributed by atoms with van der Waals surface area (Å²) in [5.74, 6) is 0. The van der Waals surface area contributed by atoms with Crippen LogP contribution in [0, 0.1) is 20.8 Å². The number of hydrogen-bond donors (Lipinski definition) is 0. The van der Waals surface area contributed by atoms with Gasteiger partial charge in [-0.25, -0.2) is 0 Å². The highest BCUT2D eigenvalue weighted by atomic mass is 15.1. The molecule has 162 valence electrons. The van der Waals surface area contributed by atoms with E-state index in [1.165, 1.54) is 33.5 Å². The van der Waals surface area contributed by atoms with Gasteiger partial charge in [0.25, 0.3) is 0 Å². The Morgan fingerprint density at radius 1 is 0.862 bits per heavy atom. The number of allylic oxidation sites excluding steroid dienone is 1. The van der Waals surface area contributed by atoms with E-state index in [0.717, 1.165) is 12.8 Å². The lowest BCUT2D eigenvalue weighted by Crippen LogP contribution is -2.21. The molecule has 1 unspecified atom stereocenters. The van der Waals surface area contributed by atoms with Gasteiger partial charge in [-0.1, -0.05) is 83.5 Å². The van der Waals surface area contributed by atoms with E-state index in [-0.39, 0.29) is 5.41 Å². The smallest absolute Gasteiger partial charge is 0.0364 e. The summed E-state index contributed by atoms with van der Waals surface area (Å²) in [5.41, 5.74) is 8.30. The summed E-state index contributed by atoms with van der Waals surface area (Å²) in [4.78, 5) is 2.15. The number of benzene rings is 2. The lowest BCUT2D eigenvalue weighted by molar-refractivity contribution is 0.459. The third kappa shape index (κ3) is 7.72. The van der Waals surface area contributed by atoms with Crippen molar-refractivity contribution in [3.05, 3.63) is 70.3 Å². The van der Waals surface area contributed by atoms with E-state index in [9.17, 15) is 0 Å². The zero-order valence-electron chi connectivity index (χ0n) is 21.0. The van der Waals surface area contributed by atoms with E-state index >= 15 is 0 Å². The van der Waals surface area contributed by atoms with Crippen LogP contribution in [0.2, 0.25) is 0 Å². The molecule has 0 amide bonds. The Morgan fingerprint density at radius 3 is 2.00 bits per heavy atom. The molecule has 1 atom stereocenters. The molecule has 0 bridgehead atoms. The van der Waals surface area contributed by atoms with Crippen LogP contribution in [0.5, 0.6) is 0 Å². The van der Waals surface area contributed by atoms with Crippen LogP contribution in [0.15, 0.2) is 42.5 Å². The van der Waals surface area contributed by atoms with E-state index in [2.05, 4.69) is 102 Å². The van der Waals surface area contributed by atoms with Crippen molar-refractivity contribution in [1.29, 1.82) is 0 Å². The summed E-state index contributed by atoms with van der Waals surface area (Å²) in [6, 6.07) is 13.5. The Balaban J connectivity index is 0.00000184. The standard InChI is InChI=1S/C24H33N.2C2H6/c1-8-24(5,23-16-18(2)11-12-19(23)3)15-9-10-21-13-14-22(25(6)7)17-20(21)4;2*1-2/h9-14,16-17H,8,15H2,1-7H3;2*1-2H3/b10-9+;;. The highest BCUT2D eigenvalue weighted by molar-refractivity contribution is 5.60. The Labute approximate surface area is 181 Å². The molecule has 1 nitrogen and oxygen atoms in total. The summed E-state index contributed by atoms with van der Waals surface area (Å²) >= 11 is 0. The monoisotopic (exact) mass is 395 g/mol. The van der Waals surface area contributed by atoms with Crippen LogP contribution >= 0.6 is 0 Å². The highest BCUT2D eigenvalue weighted by Crippen LogP contribution is 2.34. The second-order valence-electron chi connectivity index (χ2n) is 7.77. The molecule has 0 aliphatic rings. The van der Waals surface area contributed by atoms with Gasteiger partial charge in [0.2, 0.25) is 0 Å². The van der Waals surface area contributed by atoms with Gasteiger partial charge >= 0.3 is 0 Å². The first-order valence-electron chi connectivity index (χ1n) is 11.3. The predicted molar refractivity (Wildman–Crippen MR) is 135 cm³/mol. The summed E-state index contributed by atoms with van der Waals surface area (Å²) in [6.45, 7) is 19.3. The normalized spacial score (nSPS) is 12.4. The Morgan fingerprint density at radius 2 is 1.48 bits per heavy atom. The Kier molecular flexibility index (Phi) is 12.3. The predicted octanol–water partition coefficient (Wildman–Crippen LogP) is 8.50. The molecule has 0 saturated carbocycles.